The fraction of sp³-hybridized carbons (Fsp3) is 0.385. The second kappa shape index (κ2) is 13.4. The lowest BCUT2D eigenvalue weighted by molar-refractivity contribution is -0.120. The molecule has 31 heavy (non-hydrogen) atoms. The number of hydrogen-bond acceptors (Lipinski definition) is 5. The SMILES string of the molecule is CCCCCCCC(=O)CC(O)/C=C/c1ccc(OC(=O)c2ccccc2)c(OC)c1. The van der Waals surface area contributed by atoms with Gasteiger partial charge in [-0.15, -0.1) is 0 Å². The van der Waals surface area contributed by atoms with E-state index in [0.717, 1.165) is 24.8 Å². The summed E-state index contributed by atoms with van der Waals surface area (Å²) < 4.78 is 10.8. The van der Waals surface area contributed by atoms with Gasteiger partial charge in [-0.25, -0.2) is 4.79 Å². The van der Waals surface area contributed by atoms with Crippen molar-refractivity contribution in [2.24, 2.45) is 0 Å². The van der Waals surface area contributed by atoms with Crippen molar-refractivity contribution < 1.29 is 24.2 Å². The highest BCUT2D eigenvalue weighted by Gasteiger charge is 2.13. The number of benzene rings is 2. The summed E-state index contributed by atoms with van der Waals surface area (Å²) in [7, 11) is 1.50. The Hall–Kier alpha value is -2.92. The lowest BCUT2D eigenvalue weighted by Crippen LogP contribution is -2.10. The van der Waals surface area contributed by atoms with Gasteiger partial charge in [0.1, 0.15) is 5.78 Å². The van der Waals surface area contributed by atoms with Crippen molar-refractivity contribution in [3.63, 3.8) is 0 Å². The first-order valence-electron chi connectivity index (χ1n) is 10.9. The van der Waals surface area contributed by atoms with E-state index < -0.39 is 12.1 Å². The Morgan fingerprint density at radius 2 is 1.74 bits per heavy atom. The molecule has 5 heteroatoms. The van der Waals surface area contributed by atoms with Gasteiger partial charge in [0.25, 0.3) is 0 Å². The highest BCUT2D eigenvalue weighted by molar-refractivity contribution is 5.91. The Morgan fingerprint density at radius 1 is 1.00 bits per heavy atom. The van der Waals surface area contributed by atoms with Crippen molar-refractivity contribution in [3.05, 3.63) is 65.7 Å². The van der Waals surface area contributed by atoms with Crippen LogP contribution in [0.5, 0.6) is 11.5 Å². The first-order chi connectivity index (χ1) is 15.0. The number of ether oxygens (including phenoxy) is 2. The average molecular weight is 425 g/mol. The van der Waals surface area contributed by atoms with E-state index >= 15 is 0 Å². The van der Waals surface area contributed by atoms with Crippen LogP contribution in [0.1, 0.15) is 67.8 Å². The van der Waals surface area contributed by atoms with E-state index in [1.54, 1.807) is 54.6 Å². The molecule has 0 heterocycles. The zero-order valence-electron chi connectivity index (χ0n) is 18.4. The van der Waals surface area contributed by atoms with Gasteiger partial charge in [-0.3, -0.25) is 4.79 Å². The van der Waals surface area contributed by atoms with Gasteiger partial charge in [-0.2, -0.15) is 0 Å². The number of methoxy groups -OCH3 is 1. The van der Waals surface area contributed by atoms with E-state index in [1.807, 2.05) is 6.07 Å². The van der Waals surface area contributed by atoms with Crippen LogP contribution in [0.2, 0.25) is 0 Å². The van der Waals surface area contributed by atoms with Gasteiger partial charge in [0.05, 0.1) is 18.8 Å². The fourth-order valence-corrected chi connectivity index (χ4v) is 3.16. The summed E-state index contributed by atoms with van der Waals surface area (Å²) >= 11 is 0. The number of hydrogen-bond donors (Lipinski definition) is 1. The number of carbonyl (C=O) groups is 2. The number of esters is 1. The molecule has 2 aromatic carbocycles. The molecule has 5 nitrogen and oxygen atoms in total. The summed E-state index contributed by atoms with van der Waals surface area (Å²) in [5.74, 6) is 0.330. The second-order valence-electron chi connectivity index (χ2n) is 7.50. The third-order valence-corrected chi connectivity index (χ3v) is 4.91. The monoisotopic (exact) mass is 424 g/mol. The van der Waals surface area contributed by atoms with Crippen LogP contribution in [-0.2, 0) is 4.79 Å². The number of Topliss-reactive ketones (excluding diaryl/α,β-unsaturated/α-hetero) is 1. The molecule has 0 saturated carbocycles. The number of aliphatic hydroxyl groups is 1. The van der Waals surface area contributed by atoms with Gasteiger partial charge < -0.3 is 14.6 Å². The summed E-state index contributed by atoms with van der Waals surface area (Å²) in [6.07, 6.45) is 8.62. The topological polar surface area (TPSA) is 72.8 Å². The molecule has 0 aliphatic rings. The van der Waals surface area contributed by atoms with Crippen molar-refractivity contribution in [2.45, 2.75) is 58.0 Å². The highest BCUT2D eigenvalue weighted by Crippen LogP contribution is 2.29. The van der Waals surface area contributed by atoms with E-state index in [9.17, 15) is 14.7 Å². The summed E-state index contributed by atoms with van der Waals surface area (Å²) in [6.45, 7) is 2.16. The highest BCUT2D eigenvalue weighted by atomic mass is 16.6. The standard InChI is InChI=1S/C26H32O5/c1-3-4-5-6-10-13-22(27)19-23(28)16-14-20-15-17-24(25(18-20)30-2)31-26(29)21-11-8-7-9-12-21/h7-9,11-12,14-18,23,28H,3-6,10,13,19H2,1-2H3/b16-14+. The predicted molar refractivity (Wildman–Crippen MR) is 122 cm³/mol. The van der Waals surface area contributed by atoms with Crippen LogP contribution < -0.4 is 9.47 Å². The van der Waals surface area contributed by atoms with Gasteiger partial charge in [0.15, 0.2) is 11.5 Å². The Kier molecular flexibility index (Phi) is 10.5. The number of ketones is 1. The summed E-state index contributed by atoms with van der Waals surface area (Å²) in [5.41, 5.74) is 1.22. The van der Waals surface area contributed by atoms with Crippen molar-refractivity contribution >= 4 is 17.8 Å². The van der Waals surface area contributed by atoms with Gasteiger partial charge in [0.2, 0.25) is 0 Å². The van der Waals surface area contributed by atoms with Crippen LogP contribution in [0.25, 0.3) is 6.08 Å². The van der Waals surface area contributed by atoms with E-state index in [1.165, 1.54) is 20.0 Å². The van der Waals surface area contributed by atoms with Crippen molar-refractivity contribution in [3.8, 4) is 11.5 Å². The molecule has 166 valence electrons. The Bertz CT molecular complexity index is 857. The third kappa shape index (κ3) is 8.77. The van der Waals surface area contributed by atoms with Crippen LogP contribution in [0.4, 0.5) is 0 Å². The Morgan fingerprint density at radius 3 is 2.45 bits per heavy atom. The quantitative estimate of drug-likeness (QED) is 0.257. The first-order valence-corrected chi connectivity index (χ1v) is 10.9. The zero-order valence-corrected chi connectivity index (χ0v) is 18.4. The Labute approximate surface area is 184 Å². The van der Waals surface area contributed by atoms with Crippen LogP contribution >= 0.6 is 0 Å². The van der Waals surface area contributed by atoms with Gasteiger partial charge >= 0.3 is 5.97 Å². The maximum Gasteiger partial charge on any atom is 0.343 e. The average Bonchev–Trinajstić information content (AvgIpc) is 2.78. The third-order valence-electron chi connectivity index (χ3n) is 4.91. The number of aliphatic hydroxyl groups excluding tert-OH is 1. The molecule has 1 unspecified atom stereocenters. The molecule has 0 aliphatic heterocycles. The molecule has 0 spiro atoms. The number of unbranched alkanes of at least 4 members (excludes halogenated alkanes) is 4. The van der Waals surface area contributed by atoms with Gasteiger partial charge in [-0.05, 0) is 36.2 Å². The molecule has 1 atom stereocenters. The van der Waals surface area contributed by atoms with Gasteiger partial charge in [0, 0.05) is 12.8 Å². The molecule has 0 saturated heterocycles. The number of rotatable bonds is 13. The zero-order chi connectivity index (χ0) is 22.5. The van der Waals surface area contributed by atoms with Crippen molar-refractivity contribution in [1.82, 2.24) is 0 Å². The molecule has 0 radical (unpaired) electrons. The molecule has 2 aromatic rings. The number of carbonyl (C=O) groups excluding carboxylic acids is 2. The van der Waals surface area contributed by atoms with Crippen molar-refractivity contribution in [2.75, 3.05) is 7.11 Å². The molecule has 0 amide bonds. The lowest BCUT2D eigenvalue weighted by atomic mass is 10.0. The second-order valence-corrected chi connectivity index (χ2v) is 7.50. The summed E-state index contributed by atoms with van der Waals surface area (Å²) in [4.78, 5) is 24.3. The van der Waals surface area contributed by atoms with Crippen LogP contribution in [-0.4, -0.2) is 30.1 Å². The predicted octanol–water partition coefficient (Wildman–Crippen LogP) is 5.61. The minimum absolute atomic E-state index is 0.0781. The molecule has 0 aliphatic carbocycles. The minimum Gasteiger partial charge on any atom is -0.493 e. The smallest absolute Gasteiger partial charge is 0.343 e. The molecule has 0 fully saturated rings. The van der Waals surface area contributed by atoms with Crippen LogP contribution in [0, 0.1) is 0 Å². The van der Waals surface area contributed by atoms with E-state index in [0.29, 0.717) is 23.5 Å². The van der Waals surface area contributed by atoms with E-state index in [2.05, 4.69) is 6.92 Å². The molecule has 2 rings (SSSR count). The van der Waals surface area contributed by atoms with Crippen molar-refractivity contribution in [1.29, 1.82) is 0 Å². The molecule has 1 N–H and O–H groups in total. The van der Waals surface area contributed by atoms with E-state index in [4.69, 9.17) is 9.47 Å². The molecular weight excluding hydrogens is 392 g/mol. The van der Waals surface area contributed by atoms with Gasteiger partial charge in [-0.1, -0.05) is 69.0 Å². The van der Waals surface area contributed by atoms with Crippen LogP contribution in [0.3, 0.4) is 0 Å². The molecule has 0 aromatic heterocycles. The van der Waals surface area contributed by atoms with Crippen LogP contribution in [0.15, 0.2) is 54.6 Å². The normalized spacial score (nSPS) is 12.0. The largest absolute Gasteiger partial charge is 0.493 e. The first kappa shape index (κ1) is 24.4. The minimum atomic E-state index is -0.829. The lowest BCUT2D eigenvalue weighted by Gasteiger charge is -2.10. The Balaban J connectivity index is 1.89. The maximum absolute atomic E-state index is 12.3. The summed E-state index contributed by atoms with van der Waals surface area (Å²) in [6, 6.07) is 13.8. The fourth-order valence-electron chi connectivity index (χ4n) is 3.16. The molecule has 0 bridgehead atoms. The van der Waals surface area contributed by atoms with E-state index in [-0.39, 0.29) is 12.2 Å². The maximum atomic E-state index is 12.3. The summed E-state index contributed by atoms with van der Waals surface area (Å²) in [5, 5.41) is 10.1. The molecular formula is C26H32O5.